The quantitative estimate of drug-likeness (QED) is 0.141. The molecular formula is C98H81BN4S. The summed E-state index contributed by atoms with van der Waals surface area (Å²) in [6.45, 7) is 23.3. The average molecular weight is 1360 g/mol. The van der Waals surface area contributed by atoms with Crippen LogP contribution in [0.2, 0.25) is 0 Å². The third-order valence-corrected chi connectivity index (χ3v) is 24.3. The maximum atomic E-state index is 2.75. The van der Waals surface area contributed by atoms with E-state index in [-0.39, 0.29) is 28.4 Å². The molecule has 0 unspecified atom stereocenters. The van der Waals surface area contributed by atoms with E-state index < -0.39 is 0 Å². The van der Waals surface area contributed by atoms with Crippen LogP contribution in [0, 0.1) is 0 Å². The van der Waals surface area contributed by atoms with Gasteiger partial charge in [-0.15, -0.1) is 11.3 Å². The number of rotatable bonds is 8. The molecule has 0 bridgehead atoms. The SMILES string of the molecule is CC(C)(C)c1ccc(N2c3cc(-c4ccccc4)c(N4c5ccccc5C(C)(C)c5ccccc54)cc3B3c4cc(N5c6ccccc6C(C)(C)c6ccccc65)c(-c5ccccc5)cc4N(c4ccc(C(C)(C)C)cc4-c4ccccc4)c4c3c2cc2c4sc3ccccc32)c(-c2ccccc2)c1. The topological polar surface area (TPSA) is 13.0 Å². The molecule has 0 fully saturated rings. The van der Waals surface area contributed by atoms with Gasteiger partial charge in [0.05, 0.1) is 55.9 Å². The summed E-state index contributed by atoms with van der Waals surface area (Å²) in [5.74, 6) is 0. The predicted octanol–water partition coefficient (Wildman–Crippen LogP) is 25.6. The van der Waals surface area contributed by atoms with E-state index in [1.807, 2.05) is 11.3 Å². The van der Waals surface area contributed by atoms with Crippen molar-refractivity contribution in [3.05, 3.63) is 343 Å². The fourth-order valence-electron chi connectivity index (χ4n) is 17.8. The van der Waals surface area contributed by atoms with Gasteiger partial charge in [-0.1, -0.05) is 294 Å². The van der Waals surface area contributed by atoms with Gasteiger partial charge >= 0.3 is 0 Å². The molecule has 1 aromatic heterocycles. The Bertz CT molecular complexity index is 5760. The van der Waals surface area contributed by atoms with Crippen LogP contribution in [0.4, 0.5) is 68.2 Å². The van der Waals surface area contributed by atoms with Gasteiger partial charge < -0.3 is 19.6 Å². The van der Waals surface area contributed by atoms with Crippen LogP contribution >= 0.6 is 11.3 Å². The molecule has 0 spiro atoms. The minimum absolute atomic E-state index is 0.143. The van der Waals surface area contributed by atoms with Crippen LogP contribution in [0.3, 0.4) is 0 Å². The van der Waals surface area contributed by atoms with Gasteiger partial charge in [0.25, 0.3) is 6.71 Å². The number of nitrogens with zero attached hydrogens (tertiary/aromatic N) is 4. The highest BCUT2D eigenvalue weighted by molar-refractivity contribution is 7.26. The number of para-hydroxylation sites is 4. The first kappa shape index (κ1) is 63.5. The lowest BCUT2D eigenvalue weighted by Gasteiger charge is -2.47. The lowest BCUT2D eigenvalue weighted by Crippen LogP contribution is -2.61. The van der Waals surface area contributed by atoms with Crippen LogP contribution < -0.4 is 36.0 Å². The zero-order valence-corrected chi connectivity index (χ0v) is 61.5. The summed E-state index contributed by atoms with van der Waals surface area (Å²) in [6.07, 6.45) is 0. The Labute approximate surface area is 616 Å². The third kappa shape index (κ3) is 9.71. The van der Waals surface area contributed by atoms with Crippen LogP contribution in [0.25, 0.3) is 64.7 Å². The van der Waals surface area contributed by atoms with E-state index in [1.54, 1.807) is 0 Å². The fraction of sp³-hybridized carbons (Fsp3) is 0.143. The molecule has 502 valence electrons. The van der Waals surface area contributed by atoms with Gasteiger partial charge in [0.15, 0.2) is 0 Å². The van der Waals surface area contributed by atoms with E-state index >= 15 is 0 Å². The van der Waals surface area contributed by atoms with Crippen LogP contribution in [0.1, 0.15) is 103 Å². The van der Waals surface area contributed by atoms with E-state index in [4.69, 9.17) is 0 Å². The van der Waals surface area contributed by atoms with Crippen molar-refractivity contribution in [2.45, 2.75) is 90.9 Å². The van der Waals surface area contributed by atoms with Crippen molar-refractivity contribution in [1.29, 1.82) is 0 Å². The number of hydrogen-bond donors (Lipinski definition) is 0. The Balaban J connectivity index is 1.04. The Morgan fingerprint density at radius 2 is 0.615 bits per heavy atom. The molecule has 6 heteroatoms. The zero-order valence-electron chi connectivity index (χ0n) is 60.7. The van der Waals surface area contributed by atoms with E-state index in [2.05, 4.69) is 398 Å². The minimum Gasteiger partial charge on any atom is -0.311 e. The molecule has 0 atom stereocenters. The summed E-state index contributed by atoms with van der Waals surface area (Å²) >= 11 is 1.93. The number of fused-ring (bicyclic) bond motifs is 12. The smallest absolute Gasteiger partial charge is 0.252 e. The third-order valence-electron chi connectivity index (χ3n) is 23.1. The minimum atomic E-state index is -0.347. The lowest BCUT2D eigenvalue weighted by molar-refractivity contribution is 0.590. The zero-order chi connectivity index (χ0) is 70.7. The van der Waals surface area contributed by atoms with Gasteiger partial charge in [-0.05, 0) is 168 Å². The maximum absolute atomic E-state index is 2.75. The molecule has 0 amide bonds. The van der Waals surface area contributed by atoms with Crippen molar-refractivity contribution in [2.24, 2.45) is 0 Å². The Hall–Kier alpha value is -11.4. The van der Waals surface area contributed by atoms with Gasteiger partial charge in [0, 0.05) is 65.6 Å². The Morgan fingerprint density at radius 1 is 0.279 bits per heavy atom. The maximum Gasteiger partial charge on any atom is 0.252 e. The van der Waals surface area contributed by atoms with E-state index in [0.717, 1.165) is 62.1 Å². The van der Waals surface area contributed by atoms with Crippen LogP contribution in [0.5, 0.6) is 0 Å². The molecule has 0 saturated carbocycles. The molecule has 4 aliphatic rings. The van der Waals surface area contributed by atoms with Crippen molar-refractivity contribution < 1.29 is 0 Å². The number of benzene rings is 14. The van der Waals surface area contributed by atoms with Crippen LogP contribution in [-0.2, 0) is 21.7 Å². The first-order valence-electron chi connectivity index (χ1n) is 36.8. The van der Waals surface area contributed by atoms with Gasteiger partial charge in [-0.3, -0.25) is 0 Å². The molecule has 0 N–H and O–H groups in total. The second-order valence-electron chi connectivity index (χ2n) is 32.0. The summed E-state index contributed by atoms with van der Waals surface area (Å²) in [4.78, 5) is 10.7. The van der Waals surface area contributed by atoms with Crippen molar-refractivity contribution in [1.82, 2.24) is 0 Å². The largest absolute Gasteiger partial charge is 0.311 e. The summed E-state index contributed by atoms with van der Waals surface area (Å²) < 4.78 is 2.51. The van der Waals surface area contributed by atoms with Crippen molar-refractivity contribution in [3.63, 3.8) is 0 Å². The molecule has 104 heavy (non-hydrogen) atoms. The van der Waals surface area contributed by atoms with Gasteiger partial charge in [-0.25, -0.2) is 0 Å². The molecular weight excluding hydrogens is 1280 g/mol. The Kier molecular flexibility index (Phi) is 14.4. The molecule has 0 radical (unpaired) electrons. The molecule has 4 nitrogen and oxygen atoms in total. The lowest BCUT2D eigenvalue weighted by atomic mass is 9.33. The second kappa shape index (κ2) is 23.6. The fourth-order valence-corrected chi connectivity index (χ4v) is 19.1. The van der Waals surface area contributed by atoms with E-state index in [9.17, 15) is 0 Å². The van der Waals surface area contributed by atoms with Crippen LogP contribution in [0.15, 0.2) is 309 Å². The normalized spacial score (nSPS) is 14.5. The first-order chi connectivity index (χ1) is 50.4. The van der Waals surface area contributed by atoms with Crippen molar-refractivity contribution in [2.75, 3.05) is 19.6 Å². The molecule has 19 rings (SSSR count). The van der Waals surface area contributed by atoms with Gasteiger partial charge in [-0.2, -0.15) is 0 Å². The Morgan fingerprint density at radius 3 is 1.02 bits per heavy atom. The first-order valence-corrected chi connectivity index (χ1v) is 37.7. The van der Waals surface area contributed by atoms with E-state index in [1.165, 1.54) is 121 Å². The van der Waals surface area contributed by atoms with Gasteiger partial charge in [0.2, 0.25) is 0 Å². The van der Waals surface area contributed by atoms with E-state index in [0.29, 0.717) is 0 Å². The standard InChI is InChI=1S/C98H81BN4S/c1-95(2,3)66-51-53-80(69(55-66)62-33-15-11-16-34-62)100-88-57-71(64-37-19-13-20-38-64)86(101-82-46-28-24-42-74(82)97(7,8)75-43-25-29-47-83(75)101)60-78(88)99-79-61-87(102-84-48-30-26-44-76(84)98(9,10)77-45-27-31-49-85(77)102)72(65-39-21-14-22-40-65)58-89(79)103(81-54-52-67(96(4,5)6)56-70(81)63-35-17-12-18-36-63)93-92(99)90(100)59-73-68-41-23-32-50-91(68)104-94(73)93/h11-61H,1-10H3. The highest BCUT2D eigenvalue weighted by atomic mass is 32.1. The number of thiophene rings is 1. The molecule has 14 aromatic carbocycles. The average Bonchev–Trinajstić information content (AvgIpc) is 1.22. The number of anilines is 12. The van der Waals surface area contributed by atoms with Crippen LogP contribution in [-0.4, -0.2) is 6.71 Å². The molecule has 5 heterocycles. The monoisotopic (exact) mass is 1360 g/mol. The highest BCUT2D eigenvalue weighted by Crippen LogP contribution is 2.60. The molecule has 15 aromatic rings. The molecule has 0 saturated heterocycles. The van der Waals surface area contributed by atoms with Crippen molar-refractivity contribution in [3.8, 4) is 44.5 Å². The number of hydrogen-bond acceptors (Lipinski definition) is 5. The molecule has 4 aliphatic heterocycles. The molecule has 0 aliphatic carbocycles. The summed E-state index contributed by atoms with van der Waals surface area (Å²) in [5, 5.41) is 2.47. The summed E-state index contributed by atoms with van der Waals surface area (Å²) in [5.41, 5.74) is 33.7. The second-order valence-corrected chi connectivity index (χ2v) is 33.1. The van der Waals surface area contributed by atoms with Gasteiger partial charge in [0.1, 0.15) is 0 Å². The summed E-state index contributed by atoms with van der Waals surface area (Å²) in [6, 6.07) is 119. The van der Waals surface area contributed by atoms with Crippen molar-refractivity contribution >= 4 is 123 Å². The summed E-state index contributed by atoms with van der Waals surface area (Å²) in [7, 11) is 0. The predicted molar refractivity (Wildman–Crippen MR) is 446 cm³/mol. The highest BCUT2D eigenvalue weighted by Gasteiger charge is 2.49.